The van der Waals surface area contributed by atoms with Crippen molar-refractivity contribution in [3.63, 3.8) is 0 Å². The molecule has 3 rings (SSSR count). The van der Waals surface area contributed by atoms with Crippen molar-refractivity contribution in [1.29, 1.82) is 0 Å². The summed E-state index contributed by atoms with van der Waals surface area (Å²) < 4.78 is 5.49. The highest BCUT2D eigenvalue weighted by Crippen LogP contribution is 2.24. The Morgan fingerprint density at radius 2 is 2.07 bits per heavy atom. The van der Waals surface area contributed by atoms with Crippen molar-refractivity contribution >= 4 is 17.5 Å². The molecule has 8 heteroatoms. The monoisotopic (exact) mass is 371 g/mol. The summed E-state index contributed by atoms with van der Waals surface area (Å²) in [7, 11) is 3.37. The van der Waals surface area contributed by atoms with Crippen molar-refractivity contribution in [1.82, 2.24) is 14.9 Å². The summed E-state index contributed by atoms with van der Waals surface area (Å²) in [4.78, 5) is 24.5. The zero-order valence-corrected chi connectivity index (χ0v) is 15.8. The fourth-order valence-corrected chi connectivity index (χ4v) is 2.85. The molecule has 2 heterocycles. The highest BCUT2D eigenvalue weighted by molar-refractivity contribution is 5.89. The molecular weight excluding hydrogens is 346 g/mol. The van der Waals surface area contributed by atoms with Gasteiger partial charge < -0.3 is 25.0 Å². The van der Waals surface area contributed by atoms with Gasteiger partial charge in [-0.2, -0.15) is 0 Å². The Hall–Kier alpha value is -2.71. The van der Waals surface area contributed by atoms with Crippen molar-refractivity contribution in [3.8, 4) is 11.4 Å². The second-order valence-corrected chi connectivity index (χ2v) is 6.72. The van der Waals surface area contributed by atoms with Crippen LogP contribution in [0.4, 0.5) is 16.3 Å². The Morgan fingerprint density at radius 3 is 2.70 bits per heavy atom. The van der Waals surface area contributed by atoms with E-state index in [2.05, 4.69) is 22.1 Å². The molecule has 0 aliphatic carbocycles. The van der Waals surface area contributed by atoms with Crippen LogP contribution in [0, 0.1) is 0 Å². The molecule has 2 amide bonds. The normalized spacial score (nSPS) is 16.9. The predicted molar refractivity (Wildman–Crippen MR) is 104 cm³/mol. The Morgan fingerprint density at radius 1 is 1.33 bits per heavy atom. The molecule has 27 heavy (non-hydrogen) atoms. The van der Waals surface area contributed by atoms with Crippen LogP contribution in [0.3, 0.4) is 0 Å². The molecule has 1 atom stereocenters. The topological polar surface area (TPSA) is 90.8 Å². The molecule has 0 radical (unpaired) electrons. The maximum Gasteiger partial charge on any atom is 0.321 e. The van der Waals surface area contributed by atoms with Gasteiger partial charge in [0.15, 0.2) is 5.82 Å². The van der Waals surface area contributed by atoms with Crippen LogP contribution < -0.4 is 10.2 Å². The molecule has 2 aromatic rings. The average Bonchev–Trinajstić information content (AvgIpc) is 2.68. The van der Waals surface area contributed by atoms with Crippen molar-refractivity contribution in [2.75, 3.05) is 44.1 Å². The molecule has 1 aromatic carbocycles. The van der Waals surface area contributed by atoms with E-state index in [0.29, 0.717) is 30.4 Å². The molecule has 1 fully saturated rings. The lowest BCUT2D eigenvalue weighted by molar-refractivity contribution is 0.0985. The molecule has 0 bridgehead atoms. The zero-order chi connectivity index (χ0) is 19.4. The second kappa shape index (κ2) is 8.32. The quantitative estimate of drug-likeness (QED) is 0.854. The minimum atomic E-state index is -0.190. The molecule has 1 saturated heterocycles. The molecule has 8 nitrogen and oxygen atoms in total. The number of aliphatic hydroxyl groups excluding tert-OH is 1. The van der Waals surface area contributed by atoms with E-state index < -0.39 is 0 Å². The highest BCUT2D eigenvalue weighted by atomic mass is 16.5. The number of amides is 2. The lowest BCUT2D eigenvalue weighted by Gasteiger charge is -2.34. The third-order valence-corrected chi connectivity index (χ3v) is 4.39. The fraction of sp³-hybridized carbons (Fsp3) is 0.421. The van der Waals surface area contributed by atoms with E-state index >= 15 is 0 Å². The number of aliphatic hydroxyl groups is 1. The van der Waals surface area contributed by atoms with Crippen molar-refractivity contribution in [2.24, 2.45) is 0 Å². The Labute approximate surface area is 158 Å². The molecule has 2 N–H and O–H groups in total. The number of carbonyl (C=O) groups excluding carboxylic acids is 1. The van der Waals surface area contributed by atoms with Gasteiger partial charge in [0, 0.05) is 38.0 Å². The van der Waals surface area contributed by atoms with Gasteiger partial charge in [0.25, 0.3) is 0 Å². The number of hydrogen-bond acceptors (Lipinski definition) is 6. The van der Waals surface area contributed by atoms with Crippen LogP contribution in [0.5, 0.6) is 0 Å². The summed E-state index contributed by atoms with van der Waals surface area (Å²) >= 11 is 0. The van der Waals surface area contributed by atoms with Crippen LogP contribution in [0.1, 0.15) is 12.6 Å². The van der Waals surface area contributed by atoms with Crippen LogP contribution in [-0.4, -0.2) is 65.9 Å². The van der Waals surface area contributed by atoms with Gasteiger partial charge in [0.2, 0.25) is 0 Å². The van der Waals surface area contributed by atoms with Gasteiger partial charge >= 0.3 is 6.03 Å². The molecule has 1 aliphatic rings. The lowest BCUT2D eigenvalue weighted by Crippen LogP contribution is -2.44. The van der Waals surface area contributed by atoms with Gasteiger partial charge in [-0.05, 0) is 31.2 Å². The van der Waals surface area contributed by atoms with Crippen LogP contribution in [0.2, 0.25) is 0 Å². The Kier molecular flexibility index (Phi) is 5.88. The summed E-state index contributed by atoms with van der Waals surface area (Å²) in [6, 6.07) is 9.16. The number of nitrogens with one attached hydrogen (secondary N) is 1. The number of anilines is 2. The molecule has 144 valence electrons. The van der Waals surface area contributed by atoms with Crippen molar-refractivity contribution in [2.45, 2.75) is 19.6 Å². The predicted octanol–water partition coefficient (Wildman–Crippen LogP) is 1.95. The number of nitrogens with zero attached hydrogens (tertiary/aromatic N) is 4. The number of rotatable bonds is 4. The lowest BCUT2D eigenvalue weighted by atomic mass is 10.2. The van der Waals surface area contributed by atoms with Crippen LogP contribution >= 0.6 is 0 Å². The number of aromatic nitrogens is 2. The number of carbonyl (C=O) groups is 1. The van der Waals surface area contributed by atoms with E-state index in [4.69, 9.17) is 9.72 Å². The van der Waals surface area contributed by atoms with Gasteiger partial charge in [-0.25, -0.2) is 14.8 Å². The Bertz CT molecular complexity index is 794. The number of benzene rings is 1. The first kappa shape index (κ1) is 19.1. The fourth-order valence-electron chi connectivity index (χ4n) is 2.85. The summed E-state index contributed by atoms with van der Waals surface area (Å²) in [6.07, 6.45) is 0. The van der Waals surface area contributed by atoms with Gasteiger partial charge in [-0.15, -0.1) is 0 Å². The van der Waals surface area contributed by atoms with E-state index in [1.54, 1.807) is 14.1 Å². The van der Waals surface area contributed by atoms with Crippen molar-refractivity contribution < 1.29 is 14.6 Å². The SMILES string of the molecule is CC1COCCN1c1cc(CO)nc(-c2ccc(NC(=O)N(C)C)cc2)n1. The maximum absolute atomic E-state index is 11.7. The molecule has 1 unspecified atom stereocenters. The van der Waals surface area contributed by atoms with Crippen LogP contribution in [-0.2, 0) is 11.3 Å². The van der Waals surface area contributed by atoms with E-state index in [1.807, 2.05) is 30.3 Å². The first-order chi connectivity index (χ1) is 13.0. The molecule has 1 aliphatic heterocycles. The Balaban J connectivity index is 1.87. The third kappa shape index (κ3) is 4.53. The van der Waals surface area contributed by atoms with E-state index in [0.717, 1.165) is 17.9 Å². The minimum absolute atomic E-state index is 0.155. The maximum atomic E-state index is 11.7. The first-order valence-corrected chi connectivity index (χ1v) is 8.90. The summed E-state index contributed by atoms with van der Waals surface area (Å²) in [5.74, 6) is 1.32. The minimum Gasteiger partial charge on any atom is -0.390 e. The van der Waals surface area contributed by atoms with Crippen LogP contribution in [0.15, 0.2) is 30.3 Å². The summed E-state index contributed by atoms with van der Waals surface area (Å²) in [5, 5.41) is 12.4. The molecule has 1 aromatic heterocycles. The van der Waals surface area contributed by atoms with E-state index in [-0.39, 0.29) is 18.7 Å². The van der Waals surface area contributed by atoms with E-state index in [1.165, 1.54) is 4.90 Å². The highest BCUT2D eigenvalue weighted by Gasteiger charge is 2.21. The smallest absolute Gasteiger partial charge is 0.321 e. The second-order valence-electron chi connectivity index (χ2n) is 6.72. The number of urea groups is 1. The zero-order valence-electron chi connectivity index (χ0n) is 15.8. The number of hydrogen-bond donors (Lipinski definition) is 2. The molecular formula is C19H25N5O3. The van der Waals surface area contributed by atoms with Crippen LogP contribution in [0.25, 0.3) is 11.4 Å². The third-order valence-electron chi connectivity index (χ3n) is 4.39. The summed E-state index contributed by atoms with van der Waals surface area (Å²) in [5.41, 5.74) is 2.08. The first-order valence-electron chi connectivity index (χ1n) is 8.90. The van der Waals surface area contributed by atoms with Gasteiger partial charge in [-0.1, -0.05) is 0 Å². The number of ether oxygens (including phenoxy) is 1. The standard InChI is InChI=1S/C19H25N5O3/c1-13-12-27-9-8-24(13)17-10-16(11-25)20-18(22-17)14-4-6-15(7-5-14)21-19(26)23(2)3/h4-7,10,13,25H,8-9,11-12H2,1-3H3,(H,21,26). The van der Waals surface area contributed by atoms with Gasteiger partial charge in [0.1, 0.15) is 5.82 Å². The average molecular weight is 371 g/mol. The molecule has 0 spiro atoms. The summed E-state index contributed by atoms with van der Waals surface area (Å²) in [6.45, 7) is 3.98. The molecule has 0 saturated carbocycles. The van der Waals surface area contributed by atoms with Gasteiger partial charge in [-0.3, -0.25) is 0 Å². The van der Waals surface area contributed by atoms with E-state index in [9.17, 15) is 9.90 Å². The van der Waals surface area contributed by atoms with Gasteiger partial charge in [0.05, 0.1) is 31.6 Å². The van der Waals surface area contributed by atoms with Crippen molar-refractivity contribution in [3.05, 3.63) is 36.0 Å². The largest absolute Gasteiger partial charge is 0.390 e. The number of morpholine rings is 1.